The SMILES string of the molecule is CCCN1C(=O)C(NCC)c2cc(OC)ccc21. The molecule has 0 bridgehead atoms. The van der Waals surface area contributed by atoms with E-state index < -0.39 is 0 Å². The van der Waals surface area contributed by atoms with Gasteiger partial charge >= 0.3 is 0 Å². The molecule has 98 valence electrons. The Labute approximate surface area is 108 Å². The number of ether oxygens (including phenoxy) is 1. The van der Waals surface area contributed by atoms with Gasteiger partial charge in [-0.3, -0.25) is 4.79 Å². The number of amides is 1. The van der Waals surface area contributed by atoms with E-state index in [2.05, 4.69) is 12.2 Å². The van der Waals surface area contributed by atoms with Crippen LogP contribution in [0.2, 0.25) is 0 Å². The van der Waals surface area contributed by atoms with Gasteiger partial charge in [0.15, 0.2) is 0 Å². The van der Waals surface area contributed by atoms with Gasteiger partial charge in [-0.05, 0) is 31.2 Å². The fourth-order valence-corrected chi connectivity index (χ4v) is 2.40. The van der Waals surface area contributed by atoms with E-state index in [4.69, 9.17) is 4.74 Å². The van der Waals surface area contributed by atoms with Crippen molar-refractivity contribution in [2.45, 2.75) is 26.3 Å². The minimum atomic E-state index is -0.230. The van der Waals surface area contributed by atoms with Crippen LogP contribution in [0.4, 0.5) is 5.69 Å². The number of benzene rings is 1. The van der Waals surface area contributed by atoms with Crippen molar-refractivity contribution >= 4 is 11.6 Å². The monoisotopic (exact) mass is 248 g/mol. The highest BCUT2D eigenvalue weighted by Crippen LogP contribution is 2.38. The van der Waals surface area contributed by atoms with Gasteiger partial charge in [-0.2, -0.15) is 0 Å². The fraction of sp³-hybridized carbons (Fsp3) is 0.500. The van der Waals surface area contributed by atoms with Crippen molar-refractivity contribution in [2.24, 2.45) is 0 Å². The van der Waals surface area contributed by atoms with Crippen LogP contribution in [0.15, 0.2) is 18.2 Å². The molecule has 1 aliphatic rings. The first kappa shape index (κ1) is 12.9. The minimum absolute atomic E-state index is 0.141. The van der Waals surface area contributed by atoms with Gasteiger partial charge in [0.05, 0.1) is 7.11 Å². The zero-order valence-electron chi connectivity index (χ0n) is 11.2. The Morgan fingerprint density at radius 3 is 2.78 bits per heavy atom. The zero-order valence-corrected chi connectivity index (χ0v) is 11.2. The summed E-state index contributed by atoms with van der Waals surface area (Å²) in [5.41, 5.74) is 2.03. The molecule has 1 atom stereocenters. The average molecular weight is 248 g/mol. The van der Waals surface area contributed by atoms with Crippen molar-refractivity contribution in [2.75, 3.05) is 25.1 Å². The van der Waals surface area contributed by atoms with Gasteiger partial charge in [0.2, 0.25) is 5.91 Å². The Hall–Kier alpha value is -1.55. The smallest absolute Gasteiger partial charge is 0.248 e. The normalized spacial score (nSPS) is 18.1. The lowest BCUT2D eigenvalue weighted by Gasteiger charge is -2.16. The van der Waals surface area contributed by atoms with E-state index in [-0.39, 0.29) is 11.9 Å². The van der Waals surface area contributed by atoms with E-state index in [1.807, 2.05) is 30.0 Å². The summed E-state index contributed by atoms with van der Waals surface area (Å²) in [5.74, 6) is 0.935. The van der Waals surface area contributed by atoms with E-state index in [1.165, 1.54) is 0 Å². The number of carbonyl (C=O) groups excluding carboxylic acids is 1. The van der Waals surface area contributed by atoms with E-state index in [1.54, 1.807) is 7.11 Å². The molecule has 1 aliphatic heterocycles. The van der Waals surface area contributed by atoms with Gasteiger partial charge in [-0.25, -0.2) is 0 Å². The maximum absolute atomic E-state index is 12.4. The van der Waals surface area contributed by atoms with Crippen LogP contribution in [0.1, 0.15) is 31.9 Å². The molecule has 0 aromatic heterocycles. The first-order valence-electron chi connectivity index (χ1n) is 6.45. The molecule has 1 unspecified atom stereocenters. The highest BCUT2D eigenvalue weighted by Gasteiger charge is 2.36. The van der Waals surface area contributed by atoms with Gasteiger partial charge in [0.1, 0.15) is 11.8 Å². The van der Waals surface area contributed by atoms with Gasteiger partial charge < -0.3 is 15.0 Å². The van der Waals surface area contributed by atoms with Gasteiger partial charge in [0.25, 0.3) is 0 Å². The van der Waals surface area contributed by atoms with E-state index in [9.17, 15) is 4.79 Å². The first-order valence-corrected chi connectivity index (χ1v) is 6.45. The van der Waals surface area contributed by atoms with Crippen molar-refractivity contribution in [1.82, 2.24) is 5.32 Å². The minimum Gasteiger partial charge on any atom is -0.497 e. The van der Waals surface area contributed by atoms with Gasteiger partial charge in [-0.1, -0.05) is 13.8 Å². The summed E-state index contributed by atoms with van der Waals surface area (Å²) in [6.07, 6.45) is 0.954. The number of hydrogen-bond donors (Lipinski definition) is 1. The predicted molar refractivity (Wildman–Crippen MR) is 72.1 cm³/mol. The number of anilines is 1. The largest absolute Gasteiger partial charge is 0.497 e. The van der Waals surface area contributed by atoms with Crippen molar-refractivity contribution in [1.29, 1.82) is 0 Å². The summed E-state index contributed by atoms with van der Waals surface area (Å²) in [4.78, 5) is 14.2. The third-order valence-corrected chi connectivity index (χ3v) is 3.20. The Balaban J connectivity index is 2.41. The molecule has 0 radical (unpaired) electrons. The quantitative estimate of drug-likeness (QED) is 0.867. The summed E-state index contributed by atoms with van der Waals surface area (Å²) in [6.45, 7) is 5.62. The van der Waals surface area contributed by atoms with Crippen molar-refractivity contribution in [3.05, 3.63) is 23.8 Å². The molecule has 0 fully saturated rings. The molecule has 4 heteroatoms. The maximum atomic E-state index is 12.4. The lowest BCUT2D eigenvalue weighted by molar-refractivity contribution is -0.120. The molecule has 1 aromatic carbocycles. The Bertz CT molecular complexity index is 445. The van der Waals surface area contributed by atoms with Crippen LogP contribution in [0.3, 0.4) is 0 Å². The molecular weight excluding hydrogens is 228 g/mol. The van der Waals surface area contributed by atoms with E-state index in [0.717, 1.165) is 36.5 Å². The standard InChI is InChI=1S/C14H20N2O2/c1-4-8-16-12-7-6-10(18-3)9-11(12)13(14(16)17)15-5-2/h6-7,9,13,15H,4-5,8H2,1-3H3. The van der Waals surface area contributed by atoms with E-state index >= 15 is 0 Å². The van der Waals surface area contributed by atoms with Crippen LogP contribution in [0.25, 0.3) is 0 Å². The second-order valence-corrected chi connectivity index (χ2v) is 4.41. The summed E-state index contributed by atoms with van der Waals surface area (Å²) in [7, 11) is 1.64. The highest BCUT2D eigenvalue weighted by atomic mass is 16.5. The number of fused-ring (bicyclic) bond motifs is 1. The average Bonchev–Trinajstić information content (AvgIpc) is 2.64. The number of nitrogens with one attached hydrogen (secondary N) is 1. The summed E-state index contributed by atoms with van der Waals surface area (Å²) >= 11 is 0. The third kappa shape index (κ3) is 2.08. The zero-order chi connectivity index (χ0) is 13.1. The molecule has 0 saturated heterocycles. The molecule has 2 rings (SSSR count). The Kier molecular flexibility index (Phi) is 3.87. The first-order chi connectivity index (χ1) is 8.72. The highest BCUT2D eigenvalue weighted by molar-refractivity contribution is 6.04. The Morgan fingerprint density at radius 2 is 2.17 bits per heavy atom. The summed E-state index contributed by atoms with van der Waals surface area (Å²) in [5, 5.41) is 3.24. The molecule has 1 N–H and O–H groups in total. The van der Waals surface area contributed by atoms with Crippen LogP contribution >= 0.6 is 0 Å². The maximum Gasteiger partial charge on any atom is 0.248 e. The fourth-order valence-electron chi connectivity index (χ4n) is 2.40. The van der Waals surface area contributed by atoms with Crippen LogP contribution < -0.4 is 15.0 Å². The number of methoxy groups -OCH3 is 1. The molecule has 1 aromatic rings. The molecule has 1 amide bonds. The molecule has 4 nitrogen and oxygen atoms in total. The van der Waals surface area contributed by atoms with E-state index in [0.29, 0.717) is 0 Å². The van der Waals surface area contributed by atoms with Crippen molar-refractivity contribution in [3.63, 3.8) is 0 Å². The summed E-state index contributed by atoms with van der Waals surface area (Å²) in [6, 6.07) is 5.60. The second kappa shape index (κ2) is 5.40. The topological polar surface area (TPSA) is 41.6 Å². The Morgan fingerprint density at radius 1 is 1.39 bits per heavy atom. The number of nitrogens with zero attached hydrogens (tertiary/aromatic N) is 1. The van der Waals surface area contributed by atoms with Crippen molar-refractivity contribution in [3.8, 4) is 5.75 Å². The molecule has 0 spiro atoms. The molecule has 18 heavy (non-hydrogen) atoms. The number of rotatable bonds is 5. The third-order valence-electron chi connectivity index (χ3n) is 3.20. The van der Waals surface area contributed by atoms with Crippen LogP contribution in [-0.2, 0) is 4.79 Å². The number of likely N-dealkylation sites (N-methyl/N-ethyl adjacent to an activating group) is 1. The predicted octanol–water partition coefficient (Wildman–Crippen LogP) is 2.10. The second-order valence-electron chi connectivity index (χ2n) is 4.41. The van der Waals surface area contributed by atoms with Crippen LogP contribution in [0.5, 0.6) is 5.75 Å². The molecule has 0 saturated carbocycles. The van der Waals surface area contributed by atoms with Gasteiger partial charge in [-0.15, -0.1) is 0 Å². The lowest BCUT2D eigenvalue weighted by atomic mass is 10.1. The number of hydrogen-bond acceptors (Lipinski definition) is 3. The number of carbonyl (C=O) groups is 1. The van der Waals surface area contributed by atoms with Crippen LogP contribution in [-0.4, -0.2) is 26.1 Å². The molecule has 0 aliphatic carbocycles. The van der Waals surface area contributed by atoms with Crippen LogP contribution in [0, 0.1) is 0 Å². The van der Waals surface area contributed by atoms with Crippen molar-refractivity contribution < 1.29 is 9.53 Å². The molecule has 1 heterocycles. The summed E-state index contributed by atoms with van der Waals surface area (Å²) < 4.78 is 5.24. The van der Waals surface area contributed by atoms with Gasteiger partial charge in [0, 0.05) is 17.8 Å². The molecular formula is C14H20N2O2. The lowest BCUT2D eigenvalue weighted by Crippen LogP contribution is -2.35.